The Morgan fingerprint density at radius 1 is 1.11 bits per heavy atom. The molecule has 0 aromatic carbocycles. The van der Waals surface area contributed by atoms with Crippen LogP contribution in [0.5, 0.6) is 5.75 Å². The van der Waals surface area contributed by atoms with Gasteiger partial charge in [-0.2, -0.15) is 0 Å². The maximum atomic E-state index is 12.0. The van der Waals surface area contributed by atoms with Gasteiger partial charge in [0.15, 0.2) is 0 Å². The average Bonchev–Trinajstić information content (AvgIpc) is 3.53. The SMILES string of the molecule is COc1ccc(C#Cc2cnc(C)c3cnc(NC(=O)C4CC4)cc23)nc1. The second kappa shape index (κ2) is 7.04. The van der Waals surface area contributed by atoms with Gasteiger partial charge < -0.3 is 10.1 Å². The number of methoxy groups -OCH3 is 1. The summed E-state index contributed by atoms with van der Waals surface area (Å²) < 4.78 is 5.11. The van der Waals surface area contributed by atoms with Gasteiger partial charge in [-0.05, 0) is 43.9 Å². The summed E-state index contributed by atoms with van der Waals surface area (Å²) in [6.45, 7) is 1.93. The molecule has 4 rings (SSSR count). The Hall–Kier alpha value is -3.46. The maximum Gasteiger partial charge on any atom is 0.228 e. The minimum Gasteiger partial charge on any atom is -0.495 e. The van der Waals surface area contributed by atoms with Gasteiger partial charge in [0.2, 0.25) is 5.91 Å². The van der Waals surface area contributed by atoms with Crippen LogP contribution in [0.1, 0.15) is 29.8 Å². The molecule has 0 atom stereocenters. The summed E-state index contributed by atoms with van der Waals surface area (Å²) in [6, 6.07) is 5.48. The summed E-state index contributed by atoms with van der Waals surface area (Å²) >= 11 is 0. The van der Waals surface area contributed by atoms with E-state index >= 15 is 0 Å². The van der Waals surface area contributed by atoms with Gasteiger partial charge in [-0.25, -0.2) is 9.97 Å². The summed E-state index contributed by atoms with van der Waals surface area (Å²) in [5.74, 6) is 7.56. The minimum absolute atomic E-state index is 0.0303. The fraction of sp³-hybridized carbons (Fsp3) is 0.238. The molecule has 0 bridgehead atoms. The van der Waals surface area contributed by atoms with Crippen LogP contribution >= 0.6 is 0 Å². The number of aromatic nitrogens is 3. The van der Waals surface area contributed by atoms with Crippen molar-refractivity contribution in [1.82, 2.24) is 15.0 Å². The molecular weight excluding hydrogens is 340 g/mol. The summed E-state index contributed by atoms with van der Waals surface area (Å²) in [4.78, 5) is 25.0. The number of hydrogen-bond donors (Lipinski definition) is 1. The van der Waals surface area contributed by atoms with Crippen LogP contribution < -0.4 is 10.1 Å². The first-order valence-corrected chi connectivity index (χ1v) is 8.72. The van der Waals surface area contributed by atoms with Crippen LogP contribution in [-0.2, 0) is 4.79 Å². The molecule has 1 aliphatic rings. The van der Waals surface area contributed by atoms with Gasteiger partial charge in [0.05, 0.1) is 18.9 Å². The van der Waals surface area contributed by atoms with Crippen molar-refractivity contribution >= 4 is 22.5 Å². The van der Waals surface area contributed by atoms with Crippen molar-refractivity contribution in [3.63, 3.8) is 0 Å². The molecule has 0 unspecified atom stereocenters. The zero-order valence-corrected chi connectivity index (χ0v) is 15.1. The fourth-order valence-electron chi connectivity index (χ4n) is 2.72. The number of carbonyl (C=O) groups excluding carboxylic acids is 1. The lowest BCUT2D eigenvalue weighted by atomic mass is 10.1. The molecule has 0 saturated heterocycles. The highest BCUT2D eigenvalue weighted by Crippen LogP contribution is 2.30. The van der Waals surface area contributed by atoms with E-state index in [4.69, 9.17) is 4.74 Å². The number of nitrogens with one attached hydrogen (secondary N) is 1. The average molecular weight is 358 g/mol. The summed E-state index contributed by atoms with van der Waals surface area (Å²) in [5.41, 5.74) is 2.27. The Morgan fingerprint density at radius 2 is 1.96 bits per heavy atom. The first-order valence-electron chi connectivity index (χ1n) is 8.72. The zero-order chi connectivity index (χ0) is 18.8. The van der Waals surface area contributed by atoms with Crippen molar-refractivity contribution in [2.75, 3.05) is 12.4 Å². The van der Waals surface area contributed by atoms with Crippen molar-refractivity contribution in [2.24, 2.45) is 5.92 Å². The van der Waals surface area contributed by atoms with Crippen LogP contribution in [0.15, 0.2) is 36.8 Å². The fourth-order valence-corrected chi connectivity index (χ4v) is 2.72. The molecule has 27 heavy (non-hydrogen) atoms. The predicted octanol–water partition coefficient (Wildman–Crippen LogP) is 3.09. The van der Waals surface area contributed by atoms with E-state index in [0.717, 1.165) is 34.9 Å². The molecule has 134 valence electrons. The lowest BCUT2D eigenvalue weighted by molar-refractivity contribution is -0.117. The molecule has 3 aromatic heterocycles. The van der Waals surface area contributed by atoms with Gasteiger partial charge in [0, 0.05) is 34.8 Å². The smallest absolute Gasteiger partial charge is 0.228 e. The number of aryl methyl sites for hydroxylation is 1. The van der Waals surface area contributed by atoms with Crippen molar-refractivity contribution in [3.8, 4) is 17.6 Å². The van der Waals surface area contributed by atoms with Crippen molar-refractivity contribution < 1.29 is 9.53 Å². The number of fused-ring (bicyclic) bond motifs is 1. The van der Waals surface area contributed by atoms with E-state index in [1.807, 2.05) is 19.1 Å². The second-order valence-electron chi connectivity index (χ2n) is 6.47. The van der Waals surface area contributed by atoms with Crippen LogP contribution in [0.2, 0.25) is 0 Å². The van der Waals surface area contributed by atoms with Crippen molar-refractivity contribution in [2.45, 2.75) is 19.8 Å². The highest BCUT2D eigenvalue weighted by atomic mass is 16.5. The molecule has 1 fully saturated rings. The van der Waals surface area contributed by atoms with Crippen molar-refractivity contribution in [1.29, 1.82) is 0 Å². The van der Waals surface area contributed by atoms with Gasteiger partial charge in [-0.15, -0.1) is 0 Å². The number of ether oxygens (including phenoxy) is 1. The van der Waals surface area contributed by atoms with E-state index < -0.39 is 0 Å². The molecule has 1 amide bonds. The van der Waals surface area contributed by atoms with Gasteiger partial charge >= 0.3 is 0 Å². The van der Waals surface area contributed by atoms with Gasteiger partial charge in [0.1, 0.15) is 17.3 Å². The molecule has 1 N–H and O–H groups in total. The number of hydrogen-bond acceptors (Lipinski definition) is 5. The monoisotopic (exact) mass is 358 g/mol. The Bertz CT molecular complexity index is 1080. The third kappa shape index (κ3) is 3.72. The number of pyridine rings is 3. The third-order valence-electron chi connectivity index (χ3n) is 4.47. The van der Waals surface area contributed by atoms with Gasteiger partial charge in [-0.1, -0.05) is 5.92 Å². The van der Waals surface area contributed by atoms with Crippen LogP contribution in [0.25, 0.3) is 10.8 Å². The van der Waals surface area contributed by atoms with Gasteiger partial charge in [-0.3, -0.25) is 9.78 Å². The molecule has 0 radical (unpaired) electrons. The maximum absolute atomic E-state index is 12.0. The molecular formula is C21H18N4O2. The number of anilines is 1. The predicted molar refractivity (Wildman–Crippen MR) is 102 cm³/mol. The first-order chi connectivity index (χ1) is 13.1. The Morgan fingerprint density at radius 3 is 2.67 bits per heavy atom. The molecule has 1 saturated carbocycles. The number of carbonyl (C=O) groups is 1. The van der Waals surface area contributed by atoms with Crippen LogP contribution in [0.3, 0.4) is 0 Å². The van der Waals surface area contributed by atoms with E-state index in [1.54, 1.807) is 31.8 Å². The first kappa shape index (κ1) is 17.0. The molecule has 0 spiro atoms. The van der Waals surface area contributed by atoms with E-state index in [1.165, 1.54) is 0 Å². The summed E-state index contributed by atoms with van der Waals surface area (Å²) in [6.07, 6.45) is 7.00. The van der Waals surface area contributed by atoms with E-state index in [9.17, 15) is 4.79 Å². The van der Waals surface area contributed by atoms with Crippen LogP contribution in [0, 0.1) is 24.7 Å². The Labute approximate surface area is 157 Å². The minimum atomic E-state index is 0.0303. The Balaban J connectivity index is 1.69. The molecule has 6 nitrogen and oxygen atoms in total. The largest absolute Gasteiger partial charge is 0.495 e. The highest BCUT2D eigenvalue weighted by molar-refractivity contribution is 5.96. The lowest BCUT2D eigenvalue weighted by Gasteiger charge is -2.07. The van der Waals surface area contributed by atoms with E-state index in [2.05, 4.69) is 32.1 Å². The highest BCUT2D eigenvalue weighted by Gasteiger charge is 2.29. The van der Waals surface area contributed by atoms with Crippen molar-refractivity contribution in [3.05, 3.63) is 53.7 Å². The molecule has 3 heterocycles. The third-order valence-corrected chi connectivity index (χ3v) is 4.47. The van der Waals surface area contributed by atoms with E-state index in [0.29, 0.717) is 17.3 Å². The molecule has 1 aliphatic carbocycles. The molecule has 0 aliphatic heterocycles. The lowest BCUT2D eigenvalue weighted by Crippen LogP contribution is -2.14. The topological polar surface area (TPSA) is 77.0 Å². The standard InChI is InChI=1S/C21H18N4O2/c1-13-19-12-24-20(25-21(26)14-3-4-14)9-18(19)15(10-22-13)5-6-16-7-8-17(27-2)11-23-16/h7-12,14H,3-4H2,1-2H3,(H,24,25,26). The normalized spacial score (nSPS) is 13.0. The quantitative estimate of drug-likeness (QED) is 0.728. The zero-order valence-electron chi connectivity index (χ0n) is 15.1. The van der Waals surface area contributed by atoms with E-state index in [-0.39, 0.29) is 11.8 Å². The van der Waals surface area contributed by atoms with Crippen LogP contribution in [0.4, 0.5) is 5.82 Å². The second-order valence-corrected chi connectivity index (χ2v) is 6.47. The van der Waals surface area contributed by atoms with Crippen LogP contribution in [-0.4, -0.2) is 28.0 Å². The summed E-state index contributed by atoms with van der Waals surface area (Å²) in [7, 11) is 1.60. The number of amides is 1. The summed E-state index contributed by atoms with van der Waals surface area (Å²) in [5, 5.41) is 4.70. The Kier molecular flexibility index (Phi) is 4.43. The number of nitrogens with zero attached hydrogens (tertiary/aromatic N) is 3. The van der Waals surface area contributed by atoms with Gasteiger partial charge in [0.25, 0.3) is 0 Å². The number of rotatable bonds is 3. The molecule has 6 heteroatoms. The molecule has 3 aromatic rings.